The minimum atomic E-state index is -0.636. The number of nitrogens with one attached hydrogen (secondary N) is 1. The summed E-state index contributed by atoms with van der Waals surface area (Å²) in [4.78, 5) is 11.5. The number of nitrogens with two attached hydrogens (primary N) is 1. The van der Waals surface area contributed by atoms with Crippen molar-refractivity contribution in [2.24, 2.45) is 5.73 Å². The monoisotopic (exact) mass is 304 g/mol. The summed E-state index contributed by atoms with van der Waals surface area (Å²) in [7, 11) is 1.65. The molecule has 0 spiro atoms. The highest BCUT2D eigenvalue weighted by atomic mass is 16.5. The maximum Gasteiger partial charge on any atom is 0.237 e. The Kier molecular flexibility index (Phi) is 12.6. The van der Waals surface area contributed by atoms with E-state index in [2.05, 4.69) is 12.2 Å². The molecular formula is C15H32N2O4. The van der Waals surface area contributed by atoms with Crippen molar-refractivity contribution < 1.29 is 19.0 Å². The van der Waals surface area contributed by atoms with Crippen molar-refractivity contribution in [3.05, 3.63) is 0 Å². The predicted octanol–water partition coefficient (Wildman–Crippen LogP) is 1.08. The van der Waals surface area contributed by atoms with Gasteiger partial charge in [-0.25, -0.2) is 0 Å². The van der Waals surface area contributed by atoms with Gasteiger partial charge in [-0.05, 0) is 39.2 Å². The highest BCUT2D eigenvalue weighted by Crippen LogP contribution is 2.12. The largest absolute Gasteiger partial charge is 0.382 e. The molecule has 6 nitrogen and oxygen atoms in total. The third-order valence-electron chi connectivity index (χ3n) is 3.28. The van der Waals surface area contributed by atoms with Gasteiger partial charge in [-0.15, -0.1) is 0 Å². The van der Waals surface area contributed by atoms with Gasteiger partial charge in [0.25, 0.3) is 0 Å². The van der Waals surface area contributed by atoms with Gasteiger partial charge >= 0.3 is 0 Å². The zero-order chi connectivity index (χ0) is 16.0. The van der Waals surface area contributed by atoms with E-state index in [0.29, 0.717) is 39.5 Å². The summed E-state index contributed by atoms with van der Waals surface area (Å²) >= 11 is 0. The fourth-order valence-electron chi connectivity index (χ4n) is 1.84. The molecule has 0 aliphatic carbocycles. The van der Waals surface area contributed by atoms with Gasteiger partial charge in [0.1, 0.15) is 0 Å². The van der Waals surface area contributed by atoms with Crippen LogP contribution in [-0.4, -0.2) is 58.1 Å². The van der Waals surface area contributed by atoms with E-state index in [0.717, 1.165) is 25.8 Å². The van der Waals surface area contributed by atoms with Crippen LogP contribution in [-0.2, 0) is 19.0 Å². The predicted molar refractivity (Wildman–Crippen MR) is 83.3 cm³/mol. The zero-order valence-electron chi connectivity index (χ0n) is 13.8. The first-order valence-electron chi connectivity index (χ1n) is 7.76. The molecule has 1 unspecified atom stereocenters. The summed E-state index contributed by atoms with van der Waals surface area (Å²) < 4.78 is 15.7. The van der Waals surface area contributed by atoms with Crippen molar-refractivity contribution in [3.8, 4) is 0 Å². The van der Waals surface area contributed by atoms with E-state index < -0.39 is 5.54 Å². The molecule has 0 radical (unpaired) electrons. The molecule has 0 saturated carbocycles. The van der Waals surface area contributed by atoms with Crippen LogP contribution < -0.4 is 11.1 Å². The number of hydrogen-bond acceptors (Lipinski definition) is 5. The van der Waals surface area contributed by atoms with Crippen LogP contribution in [0.2, 0.25) is 0 Å². The van der Waals surface area contributed by atoms with E-state index in [1.54, 1.807) is 7.11 Å². The van der Waals surface area contributed by atoms with Crippen LogP contribution in [0.15, 0.2) is 0 Å². The van der Waals surface area contributed by atoms with Gasteiger partial charge in [-0.1, -0.05) is 6.92 Å². The Hall–Kier alpha value is -0.690. The lowest BCUT2D eigenvalue weighted by atomic mass is 9.95. The standard InChI is InChI=1S/C15H32N2O4/c1-4-8-17-15(2,14(16)18)7-5-9-20-10-6-11-21-13-12-19-3/h17H,4-13H2,1-3H3,(H2,16,18). The second kappa shape index (κ2) is 13.0. The van der Waals surface area contributed by atoms with Crippen molar-refractivity contribution in [2.75, 3.05) is 46.7 Å². The van der Waals surface area contributed by atoms with Crippen LogP contribution in [0.1, 0.15) is 39.5 Å². The molecule has 1 atom stereocenters. The molecule has 0 aromatic rings. The minimum Gasteiger partial charge on any atom is -0.382 e. The quantitative estimate of drug-likeness (QED) is 0.442. The maximum atomic E-state index is 11.5. The molecule has 1 amide bonds. The number of hydrogen-bond donors (Lipinski definition) is 2. The van der Waals surface area contributed by atoms with Gasteiger partial charge < -0.3 is 25.3 Å². The van der Waals surface area contributed by atoms with E-state index in [4.69, 9.17) is 19.9 Å². The van der Waals surface area contributed by atoms with E-state index in [9.17, 15) is 4.79 Å². The molecular weight excluding hydrogens is 272 g/mol. The number of ether oxygens (including phenoxy) is 3. The topological polar surface area (TPSA) is 82.8 Å². The average molecular weight is 304 g/mol. The first-order chi connectivity index (χ1) is 10.1. The van der Waals surface area contributed by atoms with Gasteiger partial charge in [0.15, 0.2) is 0 Å². The molecule has 0 aliphatic heterocycles. The lowest BCUT2D eigenvalue weighted by molar-refractivity contribution is -0.124. The van der Waals surface area contributed by atoms with Crippen molar-refractivity contribution >= 4 is 5.91 Å². The number of primary amides is 1. The normalized spacial score (nSPS) is 14.0. The summed E-state index contributed by atoms with van der Waals surface area (Å²) in [5, 5.41) is 3.21. The number of amides is 1. The van der Waals surface area contributed by atoms with Gasteiger partial charge in [0.2, 0.25) is 5.91 Å². The van der Waals surface area contributed by atoms with Gasteiger partial charge in [0, 0.05) is 26.9 Å². The van der Waals surface area contributed by atoms with Crippen molar-refractivity contribution in [1.82, 2.24) is 5.32 Å². The number of rotatable bonds is 15. The summed E-state index contributed by atoms with van der Waals surface area (Å²) in [5.41, 5.74) is 4.83. The molecule has 0 aromatic heterocycles. The molecule has 126 valence electrons. The third-order valence-corrected chi connectivity index (χ3v) is 3.28. The van der Waals surface area contributed by atoms with E-state index in [1.165, 1.54) is 0 Å². The zero-order valence-corrected chi connectivity index (χ0v) is 13.8. The number of carbonyl (C=O) groups is 1. The Labute approximate surface area is 128 Å². The minimum absolute atomic E-state index is 0.303. The van der Waals surface area contributed by atoms with Gasteiger partial charge in [-0.2, -0.15) is 0 Å². The smallest absolute Gasteiger partial charge is 0.237 e. The second-order valence-electron chi connectivity index (χ2n) is 5.30. The Balaban J connectivity index is 3.56. The average Bonchev–Trinajstić information content (AvgIpc) is 2.47. The van der Waals surface area contributed by atoms with Gasteiger partial charge in [-0.3, -0.25) is 4.79 Å². The Morgan fingerprint density at radius 1 is 1.10 bits per heavy atom. The first kappa shape index (κ1) is 20.3. The van der Waals surface area contributed by atoms with Crippen LogP contribution in [0.4, 0.5) is 0 Å². The first-order valence-corrected chi connectivity index (χ1v) is 7.76. The molecule has 0 aliphatic rings. The lowest BCUT2D eigenvalue weighted by Crippen LogP contribution is -2.53. The summed E-state index contributed by atoms with van der Waals surface area (Å²) in [6, 6.07) is 0. The van der Waals surface area contributed by atoms with Crippen LogP contribution >= 0.6 is 0 Å². The molecule has 0 fully saturated rings. The lowest BCUT2D eigenvalue weighted by Gasteiger charge is -2.27. The van der Waals surface area contributed by atoms with E-state index in [1.807, 2.05) is 6.92 Å². The fraction of sp³-hybridized carbons (Fsp3) is 0.933. The fourth-order valence-corrected chi connectivity index (χ4v) is 1.84. The highest BCUT2D eigenvalue weighted by molar-refractivity contribution is 5.84. The van der Waals surface area contributed by atoms with Crippen LogP contribution in [0.25, 0.3) is 0 Å². The summed E-state index contributed by atoms with van der Waals surface area (Å²) in [5.74, 6) is -0.303. The number of methoxy groups -OCH3 is 1. The van der Waals surface area contributed by atoms with Crippen LogP contribution in [0, 0.1) is 0 Å². The molecule has 0 bridgehead atoms. The van der Waals surface area contributed by atoms with E-state index >= 15 is 0 Å². The van der Waals surface area contributed by atoms with Crippen molar-refractivity contribution in [1.29, 1.82) is 0 Å². The third kappa shape index (κ3) is 10.6. The Bertz CT molecular complexity index is 264. The molecule has 0 rings (SSSR count). The molecule has 3 N–H and O–H groups in total. The van der Waals surface area contributed by atoms with Gasteiger partial charge in [0.05, 0.1) is 18.8 Å². The summed E-state index contributed by atoms with van der Waals surface area (Å²) in [6.45, 7) is 7.94. The molecule has 0 aromatic carbocycles. The maximum absolute atomic E-state index is 11.5. The SMILES string of the molecule is CCCNC(C)(CCCOCCCOCCOC)C(N)=O. The Morgan fingerprint density at radius 3 is 2.29 bits per heavy atom. The molecule has 6 heteroatoms. The van der Waals surface area contributed by atoms with Crippen LogP contribution in [0.3, 0.4) is 0 Å². The second-order valence-corrected chi connectivity index (χ2v) is 5.30. The van der Waals surface area contributed by atoms with Crippen LogP contribution in [0.5, 0.6) is 0 Å². The van der Waals surface area contributed by atoms with Crippen molar-refractivity contribution in [3.63, 3.8) is 0 Å². The van der Waals surface area contributed by atoms with Crippen molar-refractivity contribution in [2.45, 2.75) is 45.1 Å². The number of carbonyl (C=O) groups excluding carboxylic acids is 1. The highest BCUT2D eigenvalue weighted by Gasteiger charge is 2.29. The molecule has 21 heavy (non-hydrogen) atoms. The molecule has 0 saturated heterocycles. The summed E-state index contributed by atoms with van der Waals surface area (Å²) in [6.07, 6.45) is 3.33. The Morgan fingerprint density at radius 2 is 1.71 bits per heavy atom. The molecule has 0 heterocycles. The van der Waals surface area contributed by atoms with E-state index in [-0.39, 0.29) is 5.91 Å².